The number of pyridine rings is 1. The van der Waals surface area contributed by atoms with Crippen molar-refractivity contribution in [3.8, 4) is 5.75 Å². The lowest BCUT2D eigenvalue weighted by atomic mass is 9.92. The highest BCUT2D eigenvalue weighted by Crippen LogP contribution is 2.20. The Balaban J connectivity index is 1.54. The van der Waals surface area contributed by atoms with Gasteiger partial charge in [0.15, 0.2) is 5.52 Å². The van der Waals surface area contributed by atoms with Gasteiger partial charge in [0.05, 0.1) is 31.1 Å². The number of aromatic nitrogens is 3. The van der Waals surface area contributed by atoms with Crippen LogP contribution in [-0.4, -0.2) is 45.4 Å². The van der Waals surface area contributed by atoms with E-state index in [4.69, 9.17) is 4.74 Å². The quantitative estimate of drug-likeness (QED) is 0.582. The van der Waals surface area contributed by atoms with Crippen LogP contribution in [0.25, 0.3) is 11.0 Å². The summed E-state index contributed by atoms with van der Waals surface area (Å²) in [5.41, 5.74) is 0.775. The zero-order chi connectivity index (χ0) is 20.3. The molecule has 1 fully saturated rings. The molecule has 1 aliphatic rings. The summed E-state index contributed by atoms with van der Waals surface area (Å²) in [5.74, 6) is 1.41. The number of rotatable bonds is 6. The van der Waals surface area contributed by atoms with E-state index in [1.54, 1.807) is 13.2 Å². The molecular weight excluding hydrogens is 370 g/mol. The number of aliphatic hydroxyl groups is 1. The summed E-state index contributed by atoms with van der Waals surface area (Å²) in [6, 6.07) is 11.3. The van der Waals surface area contributed by atoms with Crippen LogP contribution in [0.2, 0.25) is 0 Å². The van der Waals surface area contributed by atoms with Crippen LogP contribution in [0, 0.1) is 0 Å². The number of hydrogen-bond acceptors (Lipinski definition) is 7. The van der Waals surface area contributed by atoms with Crippen molar-refractivity contribution in [3.63, 3.8) is 0 Å². The van der Waals surface area contributed by atoms with Gasteiger partial charge < -0.3 is 20.5 Å². The van der Waals surface area contributed by atoms with Crippen molar-refractivity contribution in [2.24, 2.45) is 0 Å². The van der Waals surface area contributed by atoms with Gasteiger partial charge in [-0.3, -0.25) is 9.36 Å². The lowest BCUT2D eigenvalue weighted by Gasteiger charge is -2.32. The van der Waals surface area contributed by atoms with Gasteiger partial charge in [0, 0.05) is 6.54 Å². The first kappa shape index (κ1) is 19.4. The molecule has 3 N–H and O–H groups in total. The van der Waals surface area contributed by atoms with E-state index in [0.29, 0.717) is 36.2 Å². The molecule has 0 bridgehead atoms. The van der Waals surface area contributed by atoms with Crippen LogP contribution in [0.3, 0.4) is 0 Å². The molecule has 1 saturated heterocycles. The fraction of sp³-hybridized carbons (Fsp3) is 0.381. The maximum Gasteiger partial charge on any atom is 0.280 e. The van der Waals surface area contributed by atoms with E-state index in [9.17, 15) is 9.90 Å². The molecule has 4 rings (SSSR count). The highest BCUT2D eigenvalue weighted by molar-refractivity contribution is 5.74. The Kier molecular flexibility index (Phi) is 5.46. The minimum atomic E-state index is -0.894. The van der Waals surface area contributed by atoms with Gasteiger partial charge in [-0.15, -0.1) is 0 Å². The van der Waals surface area contributed by atoms with Gasteiger partial charge in [0.1, 0.15) is 11.6 Å². The van der Waals surface area contributed by atoms with E-state index in [2.05, 4.69) is 20.6 Å². The van der Waals surface area contributed by atoms with E-state index in [1.165, 1.54) is 10.9 Å². The number of anilines is 1. The molecule has 0 amide bonds. The zero-order valence-electron chi connectivity index (χ0n) is 16.4. The minimum absolute atomic E-state index is 0.224. The molecule has 29 heavy (non-hydrogen) atoms. The normalized spacial score (nSPS) is 15.9. The summed E-state index contributed by atoms with van der Waals surface area (Å²) in [6.07, 6.45) is 2.71. The van der Waals surface area contributed by atoms with E-state index in [1.807, 2.05) is 30.3 Å². The van der Waals surface area contributed by atoms with Crippen molar-refractivity contribution in [2.45, 2.75) is 31.5 Å². The molecule has 0 radical (unpaired) electrons. The predicted molar refractivity (Wildman–Crippen MR) is 111 cm³/mol. The highest BCUT2D eigenvalue weighted by Gasteiger charge is 2.30. The van der Waals surface area contributed by atoms with Crippen molar-refractivity contribution in [1.29, 1.82) is 0 Å². The smallest absolute Gasteiger partial charge is 0.280 e. The van der Waals surface area contributed by atoms with Crippen LogP contribution in [0.15, 0.2) is 47.5 Å². The molecule has 152 valence electrons. The predicted octanol–water partition coefficient (Wildman–Crippen LogP) is 1.53. The highest BCUT2D eigenvalue weighted by atomic mass is 16.5. The lowest BCUT2D eigenvalue weighted by molar-refractivity contribution is -0.00628. The molecule has 1 aliphatic heterocycles. The van der Waals surface area contributed by atoms with Gasteiger partial charge in [-0.2, -0.15) is 0 Å². The number of benzene rings is 1. The third kappa shape index (κ3) is 4.38. The number of hydrogen-bond donors (Lipinski definition) is 3. The summed E-state index contributed by atoms with van der Waals surface area (Å²) in [5, 5.41) is 17.2. The maximum atomic E-state index is 12.9. The molecule has 1 aromatic carbocycles. The second kappa shape index (κ2) is 8.18. The van der Waals surface area contributed by atoms with Crippen LogP contribution in [0.4, 0.5) is 5.82 Å². The second-order valence-corrected chi connectivity index (χ2v) is 7.42. The Morgan fingerprint density at radius 2 is 1.97 bits per heavy atom. The Bertz CT molecular complexity index is 1040. The molecule has 2 aromatic heterocycles. The molecule has 0 unspecified atom stereocenters. The molecule has 8 nitrogen and oxygen atoms in total. The summed E-state index contributed by atoms with van der Waals surface area (Å²) in [4.78, 5) is 21.8. The Hall–Kier alpha value is -2.97. The van der Waals surface area contributed by atoms with E-state index >= 15 is 0 Å². The minimum Gasteiger partial charge on any atom is -0.497 e. The molecule has 0 spiro atoms. The molecular formula is C21H25N5O3. The van der Waals surface area contributed by atoms with Gasteiger partial charge in [-0.05, 0) is 55.8 Å². The van der Waals surface area contributed by atoms with Crippen LogP contribution in [0.1, 0.15) is 18.4 Å². The van der Waals surface area contributed by atoms with Gasteiger partial charge >= 0.3 is 0 Å². The van der Waals surface area contributed by atoms with Gasteiger partial charge in [-0.25, -0.2) is 9.97 Å². The van der Waals surface area contributed by atoms with Crippen LogP contribution >= 0.6 is 0 Å². The number of piperidine rings is 1. The monoisotopic (exact) mass is 395 g/mol. The molecule has 3 aromatic rings. The Labute approximate surface area is 168 Å². The Morgan fingerprint density at radius 3 is 2.69 bits per heavy atom. The average Bonchev–Trinajstić information content (AvgIpc) is 2.75. The largest absolute Gasteiger partial charge is 0.497 e. The number of nitrogens with zero attached hydrogens (tertiary/aromatic N) is 3. The lowest BCUT2D eigenvalue weighted by Crippen LogP contribution is -2.46. The van der Waals surface area contributed by atoms with Crippen LogP contribution in [0.5, 0.6) is 5.75 Å². The molecule has 8 heteroatoms. The fourth-order valence-electron chi connectivity index (χ4n) is 3.55. The first-order chi connectivity index (χ1) is 14.1. The summed E-state index contributed by atoms with van der Waals surface area (Å²) in [6.45, 7) is 2.28. The summed E-state index contributed by atoms with van der Waals surface area (Å²) >= 11 is 0. The molecule has 0 saturated carbocycles. The van der Waals surface area contributed by atoms with Gasteiger partial charge in [0.25, 0.3) is 5.56 Å². The van der Waals surface area contributed by atoms with Crippen molar-refractivity contribution in [3.05, 3.63) is 58.6 Å². The van der Waals surface area contributed by atoms with Crippen molar-refractivity contribution in [1.82, 2.24) is 19.9 Å². The fourth-order valence-corrected chi connectivity index (χ4v) is 3.55. The van der Waals surface area contributed by atoms with E-state index in [0.717, 1.165) is 24.4 Å². The standard InChI is InChI=1S/C21H25N5O3/c1-29-16-4-2-15(3-5-16)12-23-18-7-6-17-19(25-18)20(27)26(14-24-17)13-21(28)8-10-22-11-9-21/h2-7,14,22,28H,8-13H2,1H3,(H,23,25). The maximum absolute atomic E-state index is 12.9. The zero-order valence-corrected chi connectivity index (χ0v) is 16.4. The number of methoxy groups -OCH3 is 1. The average molecular weight is 395 g/mol. The second-order valence-electron chi connectivity index (χ2n) is 7.42. The molecule has 0 atom stereocenters. The topological polar surface area (TPSA) is 101 Å². The van der Waals surface area contributed by atoms with Crippen LogP contribution in [-0.2, 0) is 13.1 Å². The number of fused-ring (bicyclic) bond motifs is 1. The van der Waals surface area contributed by atoms with E-state index in [-0.39, 0.29) is 12.1 Å². The van der Waals surface area contributed by atoms with Crippen molar-refractivity contribution in [2.75, 3.05) is 25.5 Å². The number of nitrogens with one attached hydrogen (secondary N) is 2. The summed E-state index contributed by atoms with van der Waals surface area (Å²) in [7, 11) is 1.64. The SMILES string of the molecule is COc1ccc(CNc2ccc3ncn(CC4(O)CCNCC4)c(=O)c3n2)cc1. The molecule has 0 aliphatic carbocycles. The number of ether oxygens (including phenoxy) is 1. The first-order valence-corrected chi connectivity index (χ1v) is 9.72. The first-order valence-electron chi connectivity index (χ1n) is 9.72. The van der Waals surface area contributed by atoms with Gasteiger partial charge in [0.2, 0.25) is 0 Å². The third-order valence-corrected chi connectivity index (χ3v) is 5.31. The van der Waals surface area contributed by atoms with E-state index < -0.39 is 5.60 Å². The van der Waals surface area contributed by atoms with Gasteiger partial charge in [-0.1, -0.05) is 12.1 Å². The molecule has 3 heterocycles. The third-order valence-electron chi connectivity index (χ3n) is 5.31. The Morgan fingerprint density at radius 1 is 1.21 bits per heavy atom. The van der Waals surface area contributed by atoms with Crippen molar-refractivity contribution >= 4 is 16.9 Å². The summed E-state index contributed by atoms with van der Waals surface area (Å²) < 4.78 is 6.63. The van der Waals surface area contributed by atoms with Crippen LogP contribution < -0.4 is 20.9 Å². The van der Waals surface area contributed by atoms with Crippen molar-refractivity contribution < 1.29 is 9.84 Å².